The van der Waals surface area contributed by atoms with Crippen LogP contribution in [0.25, 0.3) is 10.9 Å². The second-order valence-electron chi connectivity index (χ2n) is 5.99. The van der Waals surface area contributed by atoms with Crippen molar-refractivity contribution in [3.05, 3.63) is 71.4 Å². The van der Waals surface area contributed by atoms with Crippen LogP contribution in [0.4, 0.5) is 4.79 Å². The molecule has 6 nitrogen and oxygen atoms in total. The molecule has 0 aliphatic carbocycles. The van der Waals surface area contributed by atoms with Gasteiger partial charge in [0, 0.05) is 42.8 Å². The van der Waals surface area contributed by atoms with Crippen LogP contribution in [0.2, 0.25) is 0 Å². The van der Waals surface area contributed by atoms with E-state index in [2.05, 4.69) is 27.0 Å². The summed E-state index contributed by atoms with van der Waals surface area (Å²) in [6.45, 7) is 0.968. The number of H-pyrrole nitrogens is 1. The standard InChI is InChI=1S/C20H22N4O2/c1-21-19(25)15-8-6-14(7-9-15)12-24-20(26)22-11-10-16-13-23-18-5-3-2-4-17(16)18/h2-9,13,23H,10-12H2,1H3,(H,21,25)(H2,22,24,26). The number of aromatic nitrogens is 1. The number of carbonyl (C=O) groups excluding carboxylic acids is 2. The molecule has 3 aromatic rings. The van der Waals surface area contributed by atoms with Crippen molar-refractivity contribution in [2.24, 2.45) is 0 Å². The summed E-state index contributed by atoms with van der Waals surface area (Å²) in [4.78, 5) is 26.7. The molecule has 0 unspecified atom stereocenters. The molecule has 0 bridgehead atoms. The molecule has 4 N–H and O–H groups in total. The van der Waals surface area contributed by atoms with Crippen molar-refractivity contribution in [2.75, 3.05) is 13.6 Å². The van der Waals surface area contributed by atoms with Crippen LogP contribution in [-0.2, 0) is 13.0 Å². The highest BCUT2D eigenvalue weighted by molar-refractivity contribution is 5.93. The van der Waals surface area contributed by atoms with E-state index in [0.717, 1.165) is 17.5 Å². The number of benzene rings is 2. The molecule has 1 aromatic heterocycles. The van der Waals surface area contributed by atoms with Gasteiger partial charge in [-0.2, -0.15) is 0 Å². The maximum Gasteiger partial charge on any atom is 0.315 e. The van der Waals surface area contributed by atoms with Crippen LogP contribution < -0.4 is 16.0 Å². The molecule has 0 fully saturated rings. The Morgan fingerprint density at radius 2 is 1.77 bits per heavy atom. The summed E-state index contributed by atoms with van der Waals surface area (Å²) >= 11 is 0. The number of hydrogen-bond donors (Lipinski definition) is 4. The second kappa shape index (κ2) is 8.20. The Bertz CT molecular complexity index is 900. The lowest BCUT2D eigenvalue weighted by Crippen LogP contribution is -2.36. The Hall–Kier alpha value is -3.28. The third-order valence-electron chi connectivity index (χ3n) is 4.25. The van der Waals surface area contributed by atoms with Gasteiger partial charge >= 0.3 is 6.03 Å². The van der Waals surface area contributed by atoms with Gasteiger partial charge in [-0.15, -0.1) is 0 Å². The average molecular weight is 350 g/mol. The lowest BCUT2D eigenvalue weighted by molar-refractivity contribution is 0.0963. The Kier molecular flexibility index (Phi) is 5.53. The van der Waals surface area contributed by atoms with Gasteiger partial charge in [0.1, 0.15) is 0 Å². The van der Waals surface area contributed by atoms with Crippen LogP contribution in [0, 0.1) is 0 Å². The number of para-hydroxylation sites is 1. The highest BCUT2D eigenvalue weighted by Gasteiger charge is 2.05. The topological polar surface area (TPSA) is 86.0 Å². The van der Waals surface area contributed by atoms with Crippen molar-refractivity contribution in [2.45, 2.75) is 13.0 Å². The summed E-state index contributed by atoms with van der Waals surface area (Å²) in [5, 5.41) is 9.45. The molecule has 134 valence electrons. The SMILES string of the molecule is CNC(=O)c1ccc(CNC(=O)NCCc2c[nH]c3ccccc23)cc1. The van der Waals surface area contributed by atoms with E-state index in [-0.39, 0.29) is 11.9 Å². The molecular weight excluding hydrogens is 328 g/mol. The molecule has 0 atom stereocenters. The maximum atomic E-state index is 11.9. The van der Waals surface area contributed by atoms with E-state index in [9.17, 15) is 9.59 Å². The van der Waals surface area contributed by atoms with Crippen LogP contribution in [0.1, 0.15) is 21.5 Å². The number of carbonyl (C=O) groups is 2. The number of fused-ring (bicyclic) bond motifs is 1. The molecule has 0 radical (unpaired) electrons. The van der Waals surface area contributed by atoms with Crippen molar-refractivity contribution in [3.63, 3.8) is 0 Å². The smallest absolute Gasteiger partial charge is 0.315 e. The maximum absolute atomic E-state index is 11.9. The van der Waals surface area contributed by atoms with Crippen LogP contribution in [-0.4, -0.2) is 30.5 Å². The summed E-state index contributed by atoms with van der Waals surface area (Å²) in [5.41, 5.74) is 3.82. The summed E-state index contributed by atoms with van der Waals surface area (Å²) < 4.78 is 0. The Morgan fingerprint density at radius 1 is 1.00 bits per heavy atom. The predicted octanol–water partition coefficient (Wildman–Crippen LogP) is 2.57. The van der Waals surface area contributed by atoms with Gasteiger partial charge in [-0.1, -0.05) is 30.3 Å². The molecule has 0 spiro atoms. The van der Waals surface area contributed by atoms with Crippen LogP contribution in [0.15, 0.2) is 54.7 Å². The Morgan fingerprint density at radius 3 is 2.54 bits per heavy atom. The Balaban J connectivity index is 1.43. The molecule has 6 heteroatoms. The highest BCUT2D eigenvalue weighted by atomic mass is 16.2. The third-order valence-corrected chi connectivity index (χ3v) is 4.25. The van der Waals surface area contributed by atoms with Gasteiger partial charge in [-0.05, 0) is 35.7 Å². The molecule has 0 saturated carbocycles. The van der Waals surface area contributed by atoms with E-state index in [0.29, 0.717) is 18.7 Å². The van der Waals surface area contributed by atoms with Crippen LogP contribution >= 0.6 is 0 Å². The molecule has 3 rings (SSSR count). The molecule has 0 aliphatic rings. The summed E-state index contributed by atoms with van der Waals surface area (Å²) in [5.74, 6) is -0.125. The molecular formula is C20H22N4O2. The molecule has 0 saturated heterocycles. The lowest BCUT2D eigenvalue weighted by atomic mass is 10.1. The molecule has 1 heterocycles. The van der Waals surface area contributed by atoms with Gasteiger partial charge < -0.3 is 20.9 Å². The summed E-state index contributed by atoms with van der Waals surface area (Å²) in [6, 6.07) is 15.0. The minimum absolute atomic E-state index is 0.125. The predicted molar refractivity (Wildman–Crippen MR) is 102 cm³/mol. The van der Waals surface area contributed by atoms with Crippen molar-refractivity contribution < 1.29 is 9.59 Å². The fraction of sp³-hybridized carbons (Fsp3) is 0.200. The van der Waals surface area contributed by atoms with Crippen molar-refractivity contribution in [1.29, 1.82) is 0 Å². The fourth-order valence-corrected chi connectivity index (χ4v) is 2.81. The number of aromatic amines is 1. The van der Waals surface area contributed by atoms with E-state index >= 15 is 0 Å². The molecule has 0 aliphatic heterocycles. The van der Waals surface area contributed by atoms with Gasteiger partial charge in [-0.25, -0.2) is 4.79 Å². The highest BCUT2D eigenvalue weighted by Crippen LogP contribution is 2.17. The molecule has 2 aromatic carbocycles. The fourth-order valence-electron chi connectivity index (χ4n) is 2.81. The monoisotopic (exact) mass is 350 g/mol. The summed E-state index contributed by atoms with van der Waals surface area (Å²) in [7, 11) is 1.60. The third kappa shape index (κ3) is 4.22. The first-order valence-electron chi connectivity index (χ1n) is 8.55. The number of hydrogen-bond acceptors (Lipinski definition) is 2. The van der Waals surface area contributed by atoms with E-state index in [4.69, 9.17) is 0 Å². The van der Waals surface area contributed by atoms with Gasteiger partial charge in [0.05, 0.1) is 0 Å². The van der Waals surface area contributed by atoms with E-state index in [1.54, 1.807) is 19.2 Å². The van der Waals surface area contributed by atoms with Crippen LogP contribution in [0.5, 0.6) is 0 Å². The zero-order valence-electron chi connectivity index (χ0n) is 14.6. The van der Waals surface area contributed by atoms with E-state index < -0.39 is 0 Å². The largest absolute Gasteiger partial charge is 0.361 e. The van der Waals surface area contributed by atoms with Crippen molar-refractivity contribution >= 4 is 22.8 Å². The number of rotatable bonds is 6. The van der Waals surface area contributed by atoms with Gasteiger partial charge in [0.15, 0.2) is 0 Å². The minimum Gasteiger partial charge on any atom is -0.361 e. The van der Waals surface area contributed by atoms with Gasteiger partial charge in [0.25, 0.3) is 5.91 Å². The quantitative estimate of drug-likeness (QED) is 0.551. The zero-order valence-corrected chi connectivity index (χ0v) is 14.6. The summed E-state index contributed by atoms with van der Waals surface area (Å²) in [6.07, 6.45) is 2.75. The first kappa shape index (κ1) is 17.5. The normalized spacial score (nSPS) is 10.5. The van der Waals surface area contributed by atoms with Crippen molar-refractivity contribution in [3.8, 4) is 0 Å². The second-order valence-corrected chi connectivity index (χ2v) is 5.99. The van der Waals surface area contributed by atoms with Gasteiger partial charge in [0.2, 0.25) is 0 Å². The first-order valence-corrected chi connectivity index (χ1v) is 8.55. The Labute approximate surface area is 152 Å². The minimum atomic E-state index is -0.208. The van der Waals surface area contributed by atoms with E-state index in [1.807, 2.05) is 36.5 Å². The molecule has 26 heavy (non-hydrogen) atoms. The first-order chi connectivity index (χ1) is 12.7. The average Bonchev–Trinajstić information content (AvgIpc) is 3.09. The van der Waals surface area contributed by atoms with E-state index in [1.165, 1.54) is 10.9 Å². The zero-order chi connectivity index (χ0) is 18.4. The number of urea groups is 1. The van der Waals surface area contributed by atoms with Gasteiger partial charge in [-0.3, -0.25) is 4.79 Å². The molecule has 3 amide bonds. The number of amides is 3. The van der Waals surface area contributed by atoms with Crippen LogP contribution in [0.3, 0.4) is 0 Å². The lowest BCUT2D eigenvalue weighted by Gasteiger charge is -2.08. The number of nitrogens with one attached hydrogen (secondary N) is 4. The van der Waals surface area contributed by atoms with Crippen molar-refractivity contribution in [1.82, 2.24) is 20.9 Å².